The molecular weight excluding hydrogens is 386 g/mol. The lowest BCUT2D eigenvalue weighted by Gasteiger charge is -2.17. The maximum Gasteiger partial charge on any atom is 0.152 e. The number of benzene rings is 2. The van der Waals surface area contributed by atoms with Crippen LogP contribution in [0.4, 0.5) is 0 Å². The van der Waals surface area contributed by atoms with E-state index in [9.17, 15) is 13.5 Å². The summed E-state index contributed by atoms with van der Waals surface area (Å²) in [6.07, 6.45) is 0.635. The number of sulfone groups is 1. The van der Waals surface area contributed by atoms with Crippen LogP contribution in [0, 0.1) is 13.8 Å². The number of aromatic hydroxyl groups is 1. The van der Waals surface area contributed by atoms with Crippen LogP contribution in [-0.2, 0) is 22.9 Å². The van der Waals surface area contributed by atoms with Crippen LogP contribution in [0.25, 0.3) is 10.8 Å². The van der Waals surface area contributed by atoms with Gasteiger partial charge in [0, 0.05) is 5.69 Å². The molecule has 0 bridgehead atoms. The lowest BCUT2D eigenvalue weighted by molar-refractivity contribution is -0.907. The quantitative estimate of drug-likeness (QED) is 0.669. The molecule has 1 aliphatic heterocycles. The molecule has 1 fully saturated rings. The fourth-order valence-electron chi connectivity index (χ4n) is 4.45. The number of aryl methyl sites for hydroxylation is 1. The Balaban J connectivity index is 1.57. The van der Waals surface area contributed by atoms with Crippen LogP contribution in [0.1, 0.15) is 35.0 Å². The fraction of sp³-hybridized carbons (Fsp3) is 0.409. The van der Waals surface area contributed by atoms with Crippen molar-refractivity contribution in [1.82, 2.24) is 9.78 Å². The van der Waals surface area contributed by atoms with Crippen LogP contribution in [0.3, 0.4) is 0 Å². The topological polar surface area (TPSA) is 76.6 Å². The van der Waals surface area contributed by atoms with Gasteiger partial charge in [-0.25, -0.2) is 8.42 Å². The highest BCUT2D eigenvalue weighted by Crippen LogP contribution is 2.28. The molecule has 0 amide bonds. The van der Waals surface area contributed by atoms with Crippen molar-refractivity contribution in [2.45, 2.75) is 39.4 Å². The normalized spacial score (nSPS) is 19.6. The molecule has 1 unspecified atom stereocenters. The molecule has 0 radical (unpaired) electrons. The van der Waals surface area contributed by atoms with Crippen molar-refractivity contribution in [1.29, 1.82) is 0 Å². The Hall–Kier alpha value is -2.38. The van der Waals surface area contributed by atoms with E-state index in [0.29, 0.717) is 18.7 Å². The molecule has 4 rings (SSSR count). The molecule has 7 heteroatoms. The summed E-state index contributed by atoms with van der Waals surface area (Å²) in [5.74, 6) is 0.751. The zero-order valence-corrected chi connectivity index (χ0v) is 18.0. The summed E-state index contributed by atoms with van der Waals surface area (Å²) in [5, 5.41) is 17.3. The second-order valence-electron chi connectivity index (χ2n) is 8.25. The number of nitrogens with zero attached hydrogens (tertiary/aromatic N) is 2. The first kappa shape index (κ1) is 19.9. The van der Waals surface area contributed by atoms with Crippen molar-refractivity contribution in [2.24, 2.45) is 0 Å². The summed E-state index contributed by atoms with van der Waals surface area (Å²) in [7, 11) is -0.839. The first-order valence-corrected chi connectivity index (χ1v) is 11.8. The van der Waals surface area contributed by atoms with E-state index in [-0.39, 0.29) is 17.5 Å². The van der Waals surface area contributed by atoms with Gasteiger partial charge in [0.15, 0.2) is 9.84 Å². The number of nitrogens with one attached hydrogen (secondary N) is 1. The number of fused-ring (bicyclic) bond motifs is 1. The molecule has 6 nitrogen and oxygen atoms in total. The third-order valence-corrected chi connectivity index (χ3v) is 7.75. The first-order chi connectivity index (χ1) is 13.7. The van der Waals surface area contributed by atoms with Gasteiger partial charge in [0.2, 0.25) is 0 Å². The van der Waals surface area contributed by atoms with Crippen molar-refractivity contribution in [3.05, 3.63) is 58.9 Å². The number of hydrogen-bond donors (Lipinski definition) is 2. The molecular formula is C22H28N3O3S+. The van der Waals surface area contributed by atoms with Gasteiger partial charge < -0.3 is 10.0 Å². The third-order valence-electron chi connectivity index (χ3n) is 6.00. The van der Waals surface area contributed by atoms with Gasteiger partial charge >= 0.3 is 0 Å². The van der Waals surface area contributed by atoms with Crippen LogP contribution in [-0.4, -0.2) is 41.9 Å². The minimum Gasteiger partial charge on any atom is -0.507 e. The third kappa shape index (κ3) is 3.89. The van der Waals surface area contributed by atoms with Gasteiger partial charge in [-0.15, -0.1) is 0 Å². The predicted molar refractivity (Wildman–Crippen MR) is 114 cm³/mol. The summed E-state index contributed by atoms with van der Waals surface area (Å²) in [4.78, 5) is 1.24. The van der Waals surface area contributed by atoms with Crippen molar-refractivity contribution in [3.63, 3.8) is 0 Å². The second kappa shape index (κ2) is 7.46. The molecule has 0 aliphatic carbocycles. The zero-order valence-electron chi connectivity index (χ0n) is 17.1. The molecule has 1 aliphatic rings. The molecule has 2 aromatic carbocycles. The van der Waals surface area contributed by atoms with Crippen molar-refractivity contribution in [2.75, 3.05) is 18.6 Å². The van der Waals surface area contributed by atoms with E-state index in [1.807, 2.05) is 42.8 Å². The Labute approximate surface area is 171 Å². The Morgan fingerprint density at radius 1 is 1.14 bits per heavy atom. The Bertz CT molecular complexity index is 1170. The minimum absolute atomic E-state index is 0.0603. The summed E-state index contributed by atoms with van der Waals surface area (Å²) in [5.41, 5.74) is 4.11. The molecule has 2 heterocycles. The Kier molecular flexibility index (Phi) is 5.12. The van der Waals surface area contributed by atoms with E-state index in [4.69, 9.17) is 0 Å². The van der Waals surface area contributed by atoms with Crippen LogP contribution >= 0.6 is 0 Å². The molecule has 154 valence electrons. The van der Waals surface area contributed by atoms with Gasteiger partial charge in [0.25, 0.3) is 0 Å². The lowest BCUT2D eigenvalue weighted by atomic mass is 10.0. The number of aromatic nitrogens is 2. The van der Waals surface area contributed by atoms with Crippen LogP contribution < -0.4 is 4.90 Å². The maximum atomic E-state index is 11.9. The van der Waals surface area contributed by atoms with Crippen LogP contribution in [0.15, 0.2) is 36.4 Å². The number of rotatable bonds is 5. The number of hydrogen-bond acceptors (Lipinski definition) is 4. The fourth-order valence-corrected chi connectivity index (χ4v) is 6.14. The van der Waals surface area contributed by atoms with E-state index >= 15 is 0 Å². The first-order valence-electron chi connectivity index (χ1n) is 10.0. The van der Waals surface area contributed by atoms with E-state index < -0.39 is 9.84 Å². The number of phenolic OH excluding ortho intramolecular Hbond substituents is 1. The summed E-state index contributed by atoms with van der Waals surface area (Å²) in [6.45, 7) is 5.47. The van der Waals surface area contributed by atoms with Gasteiger partial charge in [-0.2, -0.15) is 5.10 Å². The van der Waals surface area contributed by atoms with E-state index in [2.05, 4.69) is 18.2 Å². The molecule has 2 N–H and O–H groups in total. The largest absolute Gasteiger partial charge is 0.507 e. The molecule has 2 atom stereocenters. The number of phenols is 1. The minimum atomic E-state index is -2.95. The highest BCUT2D eigenvalue weighted by molar-refractivity contribution is 7.91. The van der Waals surface area contributed by atoms with Crippen molar-refractivity contribution >= 4 is 20.6 Å². The van der Waals surface area contributed by atoms with Gasteiger partial charge in [-0.05, 0) is 37.1 Å². The highest BCUT2D eigenvalue weighted by atomic mass is 32.2. The van der Waals surface area contributed by atoms with E-state index in [1.54, 1.807) is 6.07 Å². The lowest BCUT2D eigenvalue weighted by Crippen LogP contribution is -3.06. The predicted octanol–water partition coefficient (Wildman–Crippen LogP) is 1.93. The van der Waals surface area contributed by atoms with Crippen molar-refractivity contribution in [3.8, 4) is 5.75 Å². The Morgan fingerprint density at radius 2 is 1.86 bits per heavy atom. The van der Waals surface area contributed by atoms with E-state index in [1.165, 1.54) is 4.90 Å². The second-order valence-corrected chi connectivity index (χ2v) is 10.5. The maximum absolute atomic E-state index is 11.9. The van der Waals surface area contributed by atoms with Gasteiger partial charge in [0.1, 0.15) is 18.8 Å². The van der Waals surface area contributed by atoms with Crippen LogP contribution in [0.5, 0.6) is 5.75 Å². The number of quaternary nitrogens is 1. The highest BCUT2D eigenvalue weighted by Gasteiger charge is 2.31. The molecule has 1 aromatic heterocycles. The zero-order chi connectivity index (χ0) is 20.8. The summed E-state index contributed by atoms with van der Waals surface area (Å²) >= 11 is 0. The molecule has 1 saturated heterocycles. The smallest absolute Gasteiger partial charge is 0.152 e. The average molecular weight is 415 g/mol. The summed E-state index contributed by atoms with van der Waals surface area (Å²) < 4.78 is 25.7. The van der Waals surface area contributed by atoms with Crippen molar-refractivity contribution < 1.29 is 18.4 Å². The van der Waals surface area contributed by atoms with Gasteiger partial charge in [-0.3, -0.25) is 4.68 Å². The monoisotopic (exact) mass is 414 g/mol. The van der Waals surface area contributed by atoms with Gasteiger partial charge in [0.05, 0.1) is 41.4 Å². The van der Waals surface area contributed by atoms with Gasteiger partial charge in [-0.1, -0.05) is 30.3 Å². The summed E-state index contributed by atoms with van der Waals surface area (Å²) in [6, 6.07) is 11.7. The standard InChI is InChI=1S/C22H27N3O3S/c1-15-20(16(2)25(23-15)18-10-11-29(27,28)14-18)12-24(3)13-21-19-7-5-4-6-17(19)8-9-22(21)26/h4-9,18,26H,10-14H2,1-3H3/p+1/t18-/m1/s1. The SMILES string of the molecule is Cc1nn([C@@H]2CCS(=O)(=O)C2)c(C)c1C[NH+](C)Cc1c(O)ccc2ccccc12. The van der Waals surface area contributed by atoms with E-state index in [0.717, 1.165) is 39.8 Å². The molecule has 0 spiro atoms. The molecule has 3 aromatic rings. The van der Waals surface area contributed by atoms with Crippen LogP contribution in [0.2, 0.25) is 0 Å². The Morgan fingerprint density at radius 3 is 2.59 bits per heavy atom. The average Bonchev–Trinajstić information content (AvgIpc) is 3.17. The molecule has 29 heavy (non-hydrogen) atoms. The molecule has 0 saturated carbocycles.